The third-order valence-corrected chi connectivity index (χ3v) is 6.17. The maximum atomic E-state index is 12.7. The Hall–Kier alpha value is -2.82. The van der Waals surface area contributed by atoms with Crippen molar-refractivity contribution in [3.63, 3.8) is 0 Å². The van der Waals surface area contributed by atoms with E-state index < -0.39 is 15.9 Å². The fourth-order valence-electron chi connectivity index (χ4n) is 3.34. The Balaban J connectivity index is 1.37. The van der Waals surface area contributed by atoms with Gasteiger partial charge >= 0.3 is 5.97 Å². The van der Waals surface area contributed by atoms with Crippen molar-refractivity contribution in [1.29, 1.82) is 0 Å². The van der Waals surface area contributed by atoms with Crippen LogP contribution in [-0.4, -0.2) is 21.7 Å². The van der Waals surface area contributed by atoms with Crippen LogP contribution in [0.4, 0.5) is 0 Å². The van der Waals surface area contributed by atoms with Crippen molar-refractivity contribution in [3.8, 4) is 11.5 Å². The third-order valence-electron chi connectivity index (χ3n) is 5.34. The van der Waals surface area contributed by atoms with Gasteiger partial charge in [-0.3, -0.25) is 4.79 Å². The molecule has 3 aromatic carbocycles. The maximum Gasteiger partial charge on any atom is 0.355 e. The number of hydrogen-bond donors (Lipinski definition) is 0. The van der Waals surface area contributed by atoms with Gasteiger partial charge in [-0.2, -0.15) is 0 Å². The quantitative estimate of drug-likeness (QED) is 0.175. The number of ketones is 1. The second-order valence-electron chi connectivity index (χ2n) is 8.31. The monoisotopic (exact) mass is 468 g/mol. The summed E-state index contributed by atoms with van der Waals surface area (Å²) in [5.74, 6) is 0.347. The fourth-order valence-corrected chi connectivity index (χ4v) is 3.90. The first kappa shape index (κ1) is 22.4. The minimum Gasteiger partial charge on any atom is -0.476 e. The number of carbonyl (C=O) groups is 2. The molecule has 0 radical (unpaired) electrons. The van der Waals surface area contributed by atoms with Gasteiger partial charge in [0.2, 0.25) is 5.60 Å². The van der Waals surface area contributed by atoms with Gasteiger partial charge in [-0.05, 0) is 62.2 Å². The number of rotatable bonds is 7. The van der Waals surface area contributed by atoms with Crippen LogP contribution in [0.3, 0.4) is 0 Å². The molecule has 0 aromatic heterocycles. The molecule has 4 nitrogen and oxygen atoms in total. The lowest BCUT2D eigenvalue weighted by Crippen LogP contribution is -2.41. The summed E-state index contributed by atoms with van der Waals surface area (Å²) < 4.78 is 10.7. The lowest BCUT2D eigenvalue weighted by atomic mass is 10.0. The third kappa shape index (κ3) is 4.98. The van der Waals surface area contributed by atoms with E-state index in [1.807, 2.05) is 30.3 Å². The van der Waals surface area contributed by atoms with E-state index in [1.165, 1.54) is 0 Å². The molecule has 0 aliphatic heterocycles. The van der Waals surface area contributed by atoms with Gasteiger partial charge in [0.15, 0.2) is 5.78 Å². The molecule has 0 saturated heterocycles. The molecule has 3 aromatic rings. The zero-order valence-electron chi connectivity index (χ0n) is 17.7. The summed E-state index contributed by atoms with van der Waals surface area (Å²) in [7, 11) is 0. The van der Waals surface area contributed by atoms with E-state index in [1.54, 1.807) is 62.4 Å². The zero-order valence-corrected chi connectivity index (χ0v) is 19.2. The highest BCUT2D eigenvalue weighted by Crippen LogP contribution is 2.59. The number of alkyl halides is 2. The number of carbonyl (C=O) groups excluding carboxylic acids is 2. The van der Waals surface area contributed by atoms with E-state index >= 15 is 0 Å². The predicted molar refractivity (Wildman–Crippen MR) is 125 cm³/mol. The van der Waals surface area contributed by atoms with Gasteiger partial charge in [-0.15, -0.1) is 23.2 Å². The molecule has 0 heterocycles. The van der Waals surface area contributed by atoms with Crippen molar-refractivity contribution in [2.45, 2.75) is 36.1 Å². The van der Waals surface area contributed by atoms with E-state index in [2.05, 4.69) is 0 Å². The largest absolute Gasteiger partial charge is 0.476 e. The number of hydrogen-bond acceptors (Lipinski definition) is 4. The van der Waals surface area contributed by atoms with Crippen molar-refractivity contribution in [1.82, 2.24) is 0 Å². The van der Waals surface area contributed by atoms with Crippen LogP contribution in [0.25, 0.3) is 0 Å². The van der Waals surface area contributed by atoms with E-state index in [0.29, 0.717) is 22.6 Å². The van der Waals surface area contributed by atoms with Gasteiger partial charge in [0.05, 0.1) is 0 Å². The summed E-state index contributed by atoms with van der Waals surface area (Å²) in [6.45, 7) is 3.28. The number of esters is 1. The number of halogens is 2. The summed E-state index contributed by atoms with van der Waals surface area (Å²) >= 11 is 12.2. The Morgan fingerprint density at radius 1 is 0.844 bits per heavy atom. The van der Waals surface area contributed by atoms with Crippen LogP contribution in [0.5, 0.6) is 11.5 Å². The Bertz CT molecular complexity index is 1120. The number of ether oxygens (including phenoxy) is 2. The lowest BCUT2D eigenvalue weighted by molar-refractivity contribution is -0.149. The molecule has 1 unspecified atom stereocenters. The van der Waals surface area contributed by atoms with Crippen LogP contribution < -0.4 is 9.47 Å². The molecule has 164 valence electrons. The van der Waals surface area contributed by atoms with Crippen LogP contribution in [0.1, 0.15) is 47.7 Å². The van der Waals surface area contributed by atoms with Gasteiger partial charge < -0.3 is 9.47 Å². The summed E-state index contributed by atoms with van der Waals surface area (Å²) in [5, 5.41) is 0. The van der Waals surface area contributed by atoms with Crippen molar-refractivity contribution in [2.24, 2.45) is 0 Å². The highest BCUT2D eigenvalue weighted by molar-refractivity contribution is 6.51. The minimum absolute atomic E-state index is 0.0950. The molecule has 1 aliphatic rings. The van der Waals surface area contributed by atoms with Crippen LogP contribution in [0.2, 0.25) is 0 Å². The molecule has 1 aliphatic carbocycles. The average Bonchev–Trinajstić information content (AvgIpc) is 3.42. The first-order valence-corrected chi connectivity index (χ1v) is 11.0. The van der Waals surface area contributed by atoms with Gasteiger partial charge in [0.1, 0.15) is 15.8 Å². The highest BCUT2D eigenvalue weighted by atomic mass is 35.5. The average molecular weight is 469 g/mol. The molecule has 0 N–H and O–H groups in total. The molecule has 0 spiro atoms. The molecule has 0 amide bonds. The smallest absolute Gasteiger partial charge is 0.355 e. The fraction of sp³-hybridized carbons (Fsp3) is 0.231. The molecule has 32 heavy (non-hydrogen) atoms. The summed E-state index contributed by atoms with van der Waals surface area (Å²) in [6, 6.07) is 22.8. The molecule has 4 rings (SSSR count). The maximum absolute atomic E-state index is 12.7. The molecule has 1 fully saturated rings. The van der Waals surface area contributed by atoms with E-state index in [9.17, 15) is 9.59 Å². The first-order chi connectivity index (χ1) is 15.2. The van der Waals surface area contributed by atoms with Crippen LogP contribution in [0, 0.1) is 0 Å². The second kappa shape index (κ2) is 8.61. The normalized spacial score (nSPS) is 16.8. The molecule has 0 bridgehead atoms. The topological polar surface area (TPSA) is 52.6 Å². The Morgan fingerprint density at radius 2 is 1.38 bits per heavy atom. The predicted octanol–water partition coefficient (Wildman–Crippen LogP) is 6.34. The summed E-state index contributed by atoms with van der Waals surface area (Å²) in [4.78, 5) is 25.2. The Morgan fingerprint density at radius 3 is 1.94 bits per heavy atom. The minimum atomic E-state index is -1.22. The molecule has 6 heteroatoms. The molecular weight excluding hydrogens is 447 g/mol. The Labute approximate surface area is 197 Å². The number of benzene rings is 3. The summed E-state index contributed by atoms with van der Waals surface area (Å²) in [6.07, 6.45) is 0.726. The van der Waals surface area contributed by atoms with Crippen molar-refractivity contribution < 1.29 is 19.1 Å². The van der Waals surface area contributed by atoms with E-state index in [0.717, 1.165) is 12.0 Å². The van der Waals surface area contributed by atoms with Crippen LogP contribution in [-0.2, 0) is 4.79 Å². The molecule has 1 atom stereocenters. The standard InChI is InChI=1S/C26H22Cl2O4/c1-25(2,32-21-14-8-17(9-15-21)22-16-26(22,27)28)24(30)31-20-12-10-19(11-13-20)23(29)18-6-4-3-5-7-18/h3-15,22H,16H2,1-2H3. The van der Waals surface area contributed by atoms with Crippen molar-refractivity contribution >= 4 is 35.0 Å². The highest BCUT2D eigenvalue weighted by Gasteiger charge is 2.52. The molecular formula is C26H22Cl2O4. The van der Waals surface area contributed by atoms with Gasteiger partial charge in [0.25, 0.3) is 0 Å². The van der Waals surface area contributed by atoms with E-state index in [4.69, 9.17) is 32.7 Å². The SMILES string of the molecule is CC(C)(Oc1ccc(C2CC2(Cl)Cl)cc1)C(=O)Oc1ccc(C(=O)c2ccccc2)cc1. The summed E-state index contributed by atoms with van der Waals surface area (Å²) in [5.41, 5.74) is 0.929. The van der Waals surface area contributed by atoms with Crippen molar-refractivity contribution in [2.75, 3.05) is 0 Å². The van der Waals surface area contributed by atoms with Crippen molar-refractivity contribution in [3.05, 3.63) is 95.6 Å². The van der Waals surface area contributed by atoms with Gasteiger partial charge in [-0.1, -0.05) is 42.5 Å². The van der Waals surface area contributed by atoms with Crippen LogP contribution >= 0.6 is 23.2 Å². The Kier molecular flexibility index (Phi) is 6.02. The second-order valence-corrected chi connectivity index (χ2v) is 9.85. The van der Waals surface area contributed by atoms with Crippen LogP contribution in [0.15, 0.2) is 78.9 Å². The lowest BCUT2D eigenvalue weighted by Gasteiger charge is -2.24. The van der Waals surface area contributed by atoms with Gasteiger partial charge in [0, 0.05) is 17.0 Å². The zero-order chi connectivity index (χ0) is 22.9. The van der Waals surface area contributed by atoms with Gasteiger partial charge in [-0.25, -0.2) is 4.79 Å². The first-order valence-electron chi connectivity index (χ1n) is 10.2. The van der Waals surface area contributed by atoms with E-state index in [-0.39, 0.29) is 11.7 Å². The molecule has 1 saturated carbocycles.